The molecule has 1 aliphatic heterocycles. The van der Waals surface area contributed by atoms with Gasteiger partial charge in [-0.1, -0.05) is 50.2 Å². The van der Waals surface area contributed by atoms with Gasteiger partial charge in [0.05, 0.1) is 23.5 Å². The Morgan fingerprint density at radius 1 is 1.03 bits per heavy atom. The van der Waals surface area contributed by atoms with E-state index in [1.807, 2.05) is 30.3 Å². The van der Waals surface area contributed by atoms with Crippen molar-refractivity contribution in [1.29, 1.82) is 0 Å². The fraction of sp³-hybridized carbons (Fsp3) is 0.192. The summed E-state index contributed by atoms with van der Waals surface area (Å²) >= 11 is 0. The van der Waals surface area contributed by atoms with E-state index < -0.39 is 0 Å². The van der Waals surface area contributed by atoms with Crippen molar-refractivity contribution in [1.82, 2.24) is 0 Å². The number of aliphatic imine (C=N–C) groups is 1. The van der Waals surface area contributed by atoms with E-state index >= 15 is 0 Å². The van der Waals surface area contributed by atoms with Gasteiger partial charge in [0.1, 0.15) is 12.4 Å². The molecule has 0 saturated heterocycles. The van der Waals surface area contributed by atoms with E-state index in [0.29, 0.717) is 34.3 Å². The minimum Gasteiger partial charge on any atom is -0.325 e. The molecule has 1 heterocycles. The van der Waals surface area contributed by atoms with Crippen molar-refractivity contribution in [3.8, 4) is 0 Å². The maximum absolute atomic E-state index is 13.3. The van der Waals surface area contributed by atoms with Crippen LogP contribution in [0.15, 0.2) is 77.8 Å². The second kappa shape index (κ2) is 9.14. The molecule has 4 rings (SSSR count). The number of amides is 2. The van der Waals surface area contributed by atoms with Gasteiger partial charge in [-0.25, -0.2) is 4.39 Å². The van der Waals surface area contributed by atoms with Crippen LogP contribution in [0.4, 0.5) is 21.5 Å². The molecule has 0 aliphatic carbocycles. The number of carbonyl (C=O) groups is 2. The van der Waals surface area contributed by atoms with Gasteiger partial charge in [-0.2, -0.15) is 0 Å². The first-order valence-electron chi connectivity index (χ1n) is 10.5. The zero-order valence-electron chi connectivity index (χ0n) is 18.0. The number of nitrogens with zero attached hydrogens (tertiary/aromatic N) is 2. The third kappa shape index (κ3) is 4.75. The summed E-state index contributed by atoms with van der Waals surface area (Å²) in [6.07, 6.45) is 0.0106. The SMILES string of the molecule is CC(C)c1ccc(NC(=O)CN2C(=O)CC(c3ccc(F)cc3)=Nc3ccccc32)cc1. The smallest absolute Gasteiger partial charge is 0.244 e. The van der Waals surface area contributed by atoms with Crippen LogP contribution < -0.4 is 10.2 Å². The predicted octanol–water partition coefficient (Wildman–Crippen LogP) is 5.45. The Bertz CT molecular complexity index is 1170. The van der Waals surface area contributed by atoms with Crippen LogP contribution in [0, 0.1) is 5.82 Å². The van der Waals surface area contributed by atoms with Gasteiger partial charge >= 0.3 is 0 Å². The summed E-state index contributed by atoms with van der Waals surface area (Å²) in [7, 11) is 0. The van der Waals surface area contributed by atoms with Crippen molar-refractivity contribution < 1.29 is 14.0 Å². The molecule has 1 aliphatic rings. The van der Waals surface area contributed by atoms with Crippen molar-refractivity contribution in [2.75, 3.05) is 16.8 Å². The lowest BCUT2D eigenvalue weighted by Gasteiger charge is -2.22. The van der Waals surface area contributed by atoms with E-state index in [4.69, 9.17) is 0 Å². The quantitative estimate of drug-likeness (QED) is 0.587. The Hall–Kier alpha value is -3.80. The number of hydrogen-bond donors (Lipinski definition) is 1. The second-order valence-electron chi connectivity index (χ2n) is 8.04. The van der Waals surface area contributed by atoms with Crippen LogP contribution in [-0.4, -0.2) is 24.1 Å². The minimum absolute atomic E-state index is 0.0106. The van der Waals surface area contributed by atoms with Crippen molar-refractivity contribution in [2.24, 2.45) is 4.99 Å². The average molecular weight is 429 g/mol. The Kier molecular flexibility index (Phi) is 6.12. The molecule has 0 radical (unpaired) electrons. The maximum Gasteiger partial charge on any atom is 0.244 e. The number of benzene rings is 3. The van der Waals surface area contributed by atoms with E-state index in [-0.39, 0.29) is 30.6 Å². The van der Waals surface area contributed by atoms with Crippen LogP contribution in [0.25, 0.3) is 0 Å². The summed E-state index contributed by atoms with van der Waals surface area (Å²) in [6.45, 7) is 4.09. The standard InChI is InChI=1S/C26H24FN3O2/c1-17(2)18-9-13-21(14-10-18)28-25(31)16-30-24-6-4-3-5-22(24)29-23(15-26(30)32)19-7-11-20(27)12-8-19/h3-14,17H,15-16H2,1-2H3,(H,28,31). The number of carbonyl (C=O) groups excluding carboxylic acids is 2. The van der Waals surface area contributed by atoms with E-state index in [0.717, 1.165) is 0 Å². The van der Waals surface area contributed by atoms with E-state index in [2.05, 4.69) is 24.2 Å². The van der Waals surface area contributed by atoms with Crippen LogP contribution >= 0.6 is 0 Å². The van der Waals surface area contributed by atoms with Crippen LogP contribution in [0.3, 0.4) is 0 Å². The summed E-state index contributed by atoms with van der Waals surface area (Å²) in [6, 6.07) is 20.8. The van der Waals surface area contributed by atoms with Crippen LogP contribution in [-0.2, 0) is 9.59 Å². The minimum atomic E-state index is -0.352. The third-order valence-electron chi connectivity index (χ3n) is 5.39. The summed E-state index contributed by atoms with van der Waals surface area (Å²) in [5, 5.41) is 2.86. The lowest BCUT2D eigenvalue weighted by atomic mass is 10.0. The number of hydrogen-bond acceptors (Lipinski definition) is 3. The largest absolute Gasteiger partial charge is 0.325 e. The van der Waals surface area contributed by atoms with Crippen molar-refractivity contribution in [3.05, 3.63) is 89.7 Å². The van der Waals surface area contributed by atoms with Gasteiger partial charge in [-0.15, -0.1) is 0 Å². The number of para-hydroxylation sites is 2. The molecular formula is C26H24FN3O2. The molecule has 162 valence electrons. The Morgan fingerprint density at radius 2 is 1.72 bits per heavy atom. The molecule has 5 nitrogen and oxygen atoms in total. The van der Waals surface area contributed by atoms with Crippen molar-refractivity contribution in [3.63, 3.8) is 0 Å². The number of anilines is 2. The van der Waals surface area contributed by atoms with Crippen molar-refractivity contribution in [2.45, 2.75) is 26.2 Å². The number of halogens is 1. The van der Waals surface area contributed by atoms with Gasteiger partial charge in [0.15, 0.2) is 0 Å². The molecule has 32 heavy (non-hydrogen) atoms. The highest BCUT2D eigenvalue weighted by molar-refractivity contribution is 6.18. The number of nitrogens with one attached hydrogen (secondary N) is 1. The molecule has 6 heteroatoms. The van der Waals surface area contributed by atoms with Gasteiger partial charge in [-0.05, 0) is 53.4 Å². The second-order valence-corrected chi connectivity index (χ2v) is 8.04. The number of fused-ring (bicyclic) bond motifs is 1. The fourth-order valence-corrected chi connectivity index (χ4v) is 3.62. The molecule has 0 bridgehead atoms. The molecule has 3 aromatic rings. The van der Waals surface area contributed by atoms with Gasteiger partial charge in [0.25, 0.3) is 0 Å². The van der Waals surface area contributed by atoms with Crippen LogP contribution in [0.2, 0.25) is 0 Å². The van der Waals surface area contributed by atoms with Crippen LogP contribution in [0.1, 0.15) is 37.3 Å². The van der Waals surface area contributed by atoms with E-state index in [1.54, 1.807) is 30.3 Å². The maximum atomic E-state index is 13.3. The fourth-order valence-electron chi connectivity index (χ4n) is 3.62. The normalized spacial score (nSPS) is 13.4. The lowest BCUT2D eigenvalue weighted by molar-refractivity contribution is -0.120. The van der Waals surface area contributed by atoms with E-state index in [1.165, 1.54) is 22.6 Å². The average Bonchev–Trinajstić information content (AvgIpc) is 2.91. The first-order chi connectivity index (χ1) is 15.4. The van der Waals surface area contributed by atoms with Crippen LogP contribution in [0.5, 0.6) is 0 Å². The highest BCUT2D eigenvalue weighted by Crippen LogP contribution is 2.33. The molecular weight excluding hydrogens is 405 g/mol. The number of rotatable bonds is 5. The molecule has 0 atom stereocenters. The van der Waals surface area contributed by atoms with Gasteiger partial charge < -0.3 is 10.2 Å². The van der Waals surface area contributed by atoms with Gasteiger partial charge in [-0.3, -0.25) is 14.6 Å². The van der Waals surface area contributed by atoms with Gasteiger partial charge in [0, 0.05) is 5.69 Å². The summed E-state index contributed by atoms with van der Waals surface area (Å²) < 4.78 is 13.3. The zero-order chi connectivity index (χ0) is 22.7. The topological polar surface area (TPSA) is 61.8 Å². The zero-order valence-corrected chi connectivity index (χ0v) is 18.0. The Morgan fingerprint density at radius 3 is 2.41 bits per heavy atom. The van der Waals surface area contributed by atoms with E-state index in [9.17, 15) is 14.0 Å². The molecule has 0 spiro atoms. The Balaban J connectivity index is 1.55. The molecule has 3 aromatic carbocycles. The lowest BCUT2D eigenvalue weighted by Crippen LogP contribution is -2.38. The molecule has 1 N–H and O–H groups in total. The third-order valence-corrected chi connectivity index (χ3v) is 5.39. The monoisotopic (exact) mass is 429 g/mol. The van der Waals surface area contributed by atoms with Crippen molar-refractivity contribution >= 4 is 34.6 Å². The molecule has 0 unspecified atom stereocenters. The molecule has 0 aromatic heterocycles. The highest BCUT2D eigenvalue weighted by Gasteiger charge is 2.26. The van der Waals surface area contributed by atoms with Gasteiger partial charge in [0.2, 0.25) is 11.8 Å². The Labute approximate surface area is 186 Å². The molecule has 0 saturated carbocycles. The highest BCUT2D eigenvalue weighted by atomic mass is 19.1. The predicted molar refractivity (Wildman–Crippen MR) is 125 cm³/mol. The first kappa shape index (κ1) is 21.4. The molecule has 2 amide bonds. The first-order valence-corrected chi connectivity index (χ1v) is 10.5. The summed E-state index contributed by atoms with van der Waals surface area (Å²) in [5.41, 5.74) is 4.23. The summed E-state index contributed by atoms with van der Waals surface area (Å²) in [5.74, 6) is -0.491. The molecule has 0 fully saturated rings. The summed E-state index contributed by atoms with van der Waals surface area (Å²) in [4.78, 5) is 32.0.